The van der Waals surface area contributed by atoms with Crippen LogP contribution in [-0.4, -0.2) is 23.6 Å². The molecule has 0 bridgehead atoms. The number of ether oxygens (including phenoxy) is 1. The van der Waals surface area contributed by atoms with Crippen molar-refractivity contribution in [3.8, 4) is 0 Å². The molecule has 0 saturated heterocycles. The molecule has 0 unspecified atom stereocenters. The van der Waals surface area contributed by atoms with Crippen LogP contribution in [0.5, 0.6) is 0 Å². The molecular formula is C15H27N3O. The van der Waals surface area contributed by atoms with E-state index < -0.39 is 0 Å². The number of nitrogens with zero attached hydrogens (tertiary/aromatic N) is 2. The molecule has 0 aliphatic rings. The predicted octanol–water partition coefficient (Wildman–Crippen LogP) is 3.69. The highest BCUT2D eigenvalue weighted by atomic mass is 16.5. The number of hydrogen-bond acceptors (Lipinski definition) is 4. The van der Waals surface area contributed by atoms with Gasteiger partial charge in [0, 0.05) is 25.4 Å². The first kappa shape index (κ1) is 15.9. The van der Waals surface area contributed by atoms with Gasteiger partial charge in [-0.3, -0.25) is 0 Å². The summed E-state index contributed by atoms with van der Waals surface area (Å²) in [5.74, 6) is 2.06. The Morgan fingerprint density at radius 2 is 1.84 bits per heavy atom. The molecule has 0 amide bonds. The zero-order chi connectivity index (χ0) is 14.5. The van der Waals surface area contributed by atoms with Crippen LogP contribution in [0.1, 0.15) is 64.9 Å². The number of hydrogen-bond donors (Lipinski definition) is 1. The highest BCUT2D eigenvalue weighted by molar-refractivity contribution is 5.37. The summed E-state index contributed by atoms with van der Waals surface area (Å²) in [6.07, 6.45) is 1.74. The minimum absolute atomic E-state index is 0.377. The van der Waals surface area contributed by atoms with Crippen molar-refractivity contribution in [3.63, 3.8) is 0 Å². The van der Waals surface area contributed by atoms with Crippen LogP contribution < -0.4 is 5.32 Å². The summed E-state index contributed by atoms with van der Waals surface area (Å²) in [5, 5.41) is 3.28. The maximum atomic E-state index is 5.74. The second kappa shape index (κ2) is 6.85. The Morgan fingerprint density at radius 1 is 1.21 bits per heavy atom. The van der Waals surface area contributed by atoms with Crippen molar-refractivity contribution in [1.82, 2.24) is 9.97 Å². The minimum Gasteiger partial charge on any atom is -0.370 e. The largest absolute Gasteiger partial charge is 0.370 e. The number of aromatic nitrogens is 2. The van der Waals surface area contributed by atoms with E-state index in [1.165, 1.54) is 0 Å². The van der Waals surface area contributed by atoms with E-state index in [1.54, 1.807) is 7.11 Å². The fourth-order valence-electron chi connectivity index (χ4n) is 2.18. The lowest BCUT2D eigenvalue weighted by Gasteiger charge is -2.29. The highest BCUT2D eigenvalue weighted by Gasteiger charge is 2.32. The van der Waals surface area contributed by atoms with Crippen LogP contribution in [-0.2, 0) is 10.3 Å². The maximum Gasteiger partial charge on any atom is 0.162 e. The molecule has 0 aliphatic carbocycles. The van der Waals surface area contributed by atoms with Gasteiger partial charge in [0.25, 0.3) is 0 Å². The molecule has 1 aromatic rings. The second-order valence-corrected chi connectivity index (χ2v) is 5.09. The molecule has 0 aromatic carbocycles. The number of anilines is 1. The second-order valence-electron chi connectivity index (χ2n) is 5.09. The summed E-state index contributed by atoms with van der Waals surface area (Å²) in [6, 6.07) is 2.03. The molecule has 1 N–H and O–H groups in total. The maximum absolute atomic E-state index is 5.74. The van der Waals surface area contributed by atoms with Crippen LogP contribution in [0.4, 0.5) is 5.82 Å². The first-order chi connectivity index (χ1) is 9.02. The third-order valence-electron chi connectivity index (χ3n) is 3.64. The Labute approximate surface area is 117 Å². The number of nitrogens with one attached hydrogen (secondary N) is 1. The molecule has 0 aliphatic heterocycles. The van der Waals surface area contributed by atoms with Crippen LogP contribution in [0.15, 0.2) is 6.07 Å². The topological polar surface area (TPSA) is 47.0 Å². The van der Waals surface area contributed by atoms with Gasteiger partial charge >= 0.3 is 0 Å². The summed E-state index contributed by atoms with van der Waals surface area (Å²) in [4.78, 5) is 9.37. The Kier molecular flexibility index (Phi) is 5.73. The Hall–Kier alpha value is -1.16. The molecule has 1 aromatic heterocycles. The molecule has 0 spiro atoms. The zero-order valence-corrected chi connectivity index (χ0v) is 13.1. The van der Waals surface area contributed by atoms with Crippen molar-refractivity contribution in [2.75, 3.05) is 19.0 Å². The molecular weight excluding hydrogens is 238 g/mol. The molecule has 1 heterocycles. The van der Waals surface area contributed by atoms with Gasteiger partial charge in [0.15, 0.2) is 5.82 Å². The van der Waals surface area contributed by atoms with Gasteiger partial charge in [-0.2, -0.15) is 0 Å². The van der Waals surface area contributed by atoms with E-state index in [4.69, 9.17) is 9.72 Å². The van der Waals surface area contributed by atoms with Gasteiger partial charge in [0.2, 0.25) is 0 Å². The standard InChI is InChI=1S/C15H27N3O/c1-7-15(8-2,19-6)14-17-12(11(4)5)10-13(18-14)16-9-3/h10-11H,7-9H2,1-6H3,(H,16,17,18). The average molecular weight is 265 g/mol. The van der Waals surface area contributed by atoms with Crippen molar-refractivity contribution < 1.29 is 4.74 Å². The van der Waals surface area contributed by atoms with Crippen LogP contribution in [0.3, 0.4) is 0 Å². The fourth-order valence-corrected chi connectivity index (χ4v) is 2.18. The molecule has 0 atom stereocenters. The lowest BCUT2D eigenvalue weighted by Crippen LogP contribution is -2.30. The molecule has 0 radical (unpaired) electrons. The molecule has 0 fully saturated rings. The van der Waals surface area contributed by atoms with Crippen molar-refractivity contribution in [2.24, 2.45) is 0 Å². The average Bonchev–Trinajstić information content (AvgIpc) is 2.41. The molecule has 4 nitrogen and oxygen atoms in total. The summed E-state index contributed by atoms with van der Waals surface area (Å²) >= 11 is 0. The Bertz CT molecular complexity index is 392. The van der Waals surface area contributed by atoms with Crippen LogP contribution in [0, 0.1) is 0 Å². The van der Waals surface area contributed by atoms with E-state index in [-0.39, 0.29) is 5.60 Å². The number of rotatable bonds is 7. The summed E-state index contributed by atoms with van der Waals surface area (Å²) in [7, 11) is 1.74. The van der Waals surface area contributed by atoms with Crippen molar-refractivity contribution in [1.29, 1.82) is 0 Å². The molecule has 19 heavy (non-hydrogen) atoms. The van der Waals surface area contributed by atoms with E-state index in [0.29, 0.717) is 5.92 Å². The van der Waals surface area contributed by atoms with E-state index >= 15 is 0 Å². The monoisotopic (exact) mass is 265 g/mol. The van der Waals surface area contributed by atoms with E-state index in [1.807, 2.05) is 6.07 Å². The van der Waals surface area contributed by atoms with Gasteiger partial charge in [0.1, 0.15) is 11.4 Å². The quantitative estimate of drug-likeness (QED) is 0.816. The van der Waals surface area contributed by atoms with Crippen molar-refractivity contribution in [3.05, 3.63) is 17.6 Å². The Morgan fingerprint density at radius 3 is 2.26 bits per heavy atom. The van der Waals surface area contributed by atoms with Crippen molar-refractivity contribution in [2.45, 2.75) is 59.0 Å². The highest BCUT2D eigenvalue weighted by Crippen LogP contribution is 2.31. The van der Waals surface area contributed by atoms with Gasteiger partial charge in [-0.1, -0.05) is 27.7 Å². The zero-order valence-electron chi connectivity index (χ0n) is 13.1. The van der Waals surface area contributed by atoms with Gasteiger partial charge in [-0.05, 0) is 25.7 Å². The number of methoxy groups -OCH3 is 1. The minimum atomic E-state index is -0.380. The molecule has 0 saturated carbocycles. The van der Waals surface area contributed by atoms with Crippen molar-refractivity contribution >= 4 is 5.82 Å². The Balaban J connectivity index is 3.32. The predicted molar refractivity (Wildman–Crippen MR) is 79.6 cm³/mol. The summed E-state index contributed by atoms with van der Waals surface area (Å²) in [6.45, 7) is 11.4. The third-order valence-corrected chi connectivity index (χ3v) is 3.64. The smallest absolute Gasteiger partial charge is 0.162 e. The van der Waals surface area contributed by atoms with E-state index in [2.05, 4.69) is 44.9 Å². The normalized spacial score (nSPS) is 11.9. The van der Waals surface area contributed by atoms with Gasteiger partial charge in [-0.25, -0.2) is 9.97 Å². The van der Waals surface area contributed by atoms with Gasteiger partial charge < -0.3 is 10.1 Å². The molecule has 108 valence electrons. The van der Waals surface area contributed by atoms with Crippen LogP contribution in [0.2, 0.25) is 0 Å². The van der Waals surface area contributed by atoms with Gasteiger partial charge in [0.05, 0.1) is 0 Å². The molecule has 1 rings (SSSR count). The van der Waals surface area contributed by atoms with Gasteiger partial charge in [-0.15, -0.1) is 0 Å². The van der Waals surface area contributed by atoms with Crippen LogP contribution >= 0.6 is 0 Å². The van der Waals surface area contributed by atoms with Crippen LogP contribution in [0.25, 0.3) is 0 Å². The van der Waals surface area contributed by atoms with E-state index in [0.717, 1.165) is 36.7 Å². The lowest BCUT2D eigenvalue weighted by atomic mass is 9.95. The molecule has 4 heteroatoms. The first-order valence-electron chi connectivity index (χ1n) is 7.21. The van der Waals surface area contributed by atoms with E-state index in [9.17, 15) is 0 Å². The summed E-state index contributed by atoms with van der Waals surface area (Å²) < 4.78 is 5.74. The lowest BCUT2D eigenvalue weighted by molar-refractivity contribution is -0.0292. The third kappa shape index (κ3) is 3.44. The first-order valence-corrected chi connectivity index (χ1v) is 7.21. The fraction of sp³-hybridized carbons (Fsp3) is 0.733. The SMILES string of the molecule is CCNc1cc(C(C)C)nc(C(CC)(CC)OC)n1. The summed E-state index contributed by atoms with van der Waals surface area (Å²) in [5.41, 5.74) is 0.680.